The van der Waals surface area contributed by atoms with Crippen LogP contribution in [-0.4, -0.2) is 22.5 Å². The molecule has 1 atom stereocenters. The standard InChI is InChI=1S/C11H14FN5O/c1-18-10-4-2-3-7(11(10)12)5-8(15-13)9-6-14-17-16-9/h2-4,6,8,15H,5,13H2,1H3,(H,14,16,17). The molecule has 6 nitrogen and oxygen atoms in total. The Hall–Kier alpha value is -1.99. The number of hydrazine groups is 1. The van der Waals surface area contributed by atoms with Crippen molar-refractivity contribution in [2.24, 2.45) is 5.84 Å². The van der Waals surface area contributed by atoms with Gasteiger partial charge in [0.25, 0.3) is 0 Å². The predicted molar refractivity (Wildman–Crippen MR) is 63.1 cm³/mol. The third-order valence-corrected chi connectivity index (χ3v) is 2.68. The van der Waals surface area contributed by atoms with Gasteiger partial charge in [0.2, 0.25) is 0 Å². The number of halogens is 1. The molecular weight excluding hydrogens is 237 g/mol. The first-order valence-corrected chi connectivity index (χ1v) is 5.39. The zero-order chi connectivity index (χ0) is 13.0. The maximum atomic E-state index is 14.0. The minimum absolute atomic E-state index is 0.212. The van der Waals surface area contributed by atoms with Crippen LogP contribution in [0.1, 0.15) is 17.3 Å². The lowest BCUT2D eigenvalue weighted by Crippen LogP contribution is -2.30. The smallest absolute Gasteiger partial charge is 0.168 e. The number of hydrogen-bond acceptors (Lipinski definition) is 5. The van der Waals surface area contributed by atoms with Crippen LogP contribution in [0.15, 0.2) is 24.4 Å². The minimum Gasteiger partial charge on any atom is -0.494 e. The number of aromatic nitrogens is 3. The van der Waals surface area contributed by atoms with E-state index >= 15 is 0 Å². The molecule has 1 aromatic heterocycles. The van der Waals surface area contributed by atoms with Crippen molar-refractivity contribution in [1.29, 1.82) is 0 Å². The Kier molecular flexibility index (Phi) is 3.85. The normalized spacial score (nSPS) is 12.4. The van der Waals surface area contributed by atoms with Gasteiger partial charge in [-0.15, -0.1) is 0 Å². The van der Waals surface area contributed by atoms with Crippen molar-refractivity contribution < 1.29 is 9.13 Å². The Morgan fingerprint density at radius 1 is 1.56 bits per heavy atom. The molecule has 96 valence electrons. The molecule has 1 aromatic carbocycles. The highest BCUT2D eigenvalue weighted by Gasteiger charge is 2.17. The Bertz CT molecular complexity index is 502. The number of rotatable bonds is 5. The van der Waals surface area contributed by atoms with Gasteiger partial charge >= 0.3 is 0 Å². The van der Waals surface area contributed by atoms with Crippen molar-refractivity contribution in [3.8, 4) is 5.75 Å². The fourth-order valence-corrected chi connectivity index (χ4v) is 1.72. The number of benzene rings is 1. The van der Waals surface area contributed by atoms with Gasteiger partial charge in [-0.25, -0.2) is 4.39 Å². The van der Waals surface area contributed by atoms with Gasteiger partial charge in [0, 0.05) is 0 Å². The molecule has 0 aliphatic heterocycles. The Labute approximate surface area is 103 Å². The van der Waals surface area contributed by atoms with Crippen LogP contribution in [-0.2, 0) is 6.42 Å². The van der Waals surface area contributed by atoms with Crippen LogP contribution in [0.25, 0.3) is 0 Å². The summed E-state index contributed by atoms with van der Waals surface area (Å²) in [6.07, 6.45) is 1.90. The van der Waals surface area contributed by atoms with Crippen LogP contribution in [0.5, 0.6) is 5.75 Å². The molecule has 0 radical (unpaired) electrons. The SMILES string of the molecule is COc1cccc(CC(NN)c2cn[nH]n2)c1F. The molecule has 1 heterocycles. The summed E-state index contributed by atoms with van der Waals surface area (Å²) < 4.78 is 18.9. The third-order valence-electron chi connectivity index (χ3n) is 2.68. The van der Waals surface area contributed by atoms with E-state index in [0.29, 0.717) is 17.7 Å². The summed E-state index contributed by atoms with van der Waals surface area (Å²) in [5, 5.41) is 10.1. The quantitative estimate of drug-likeness (QED) is 0.537. The van der Waals surface area contributed by atoms with Crippen molar-refractivity contribution in [1.82, 2.24) is 20.8 Å². The second kappa shape index (κ2) is 5.56. The van der Waals surface area contributed by atoms with E-state index in [1.165, 1.54) is 7.11 Å². The number of nitrogens with one attached hydrogen (secondary N) is 2. The molecule has 0 amide bonds. The zero-order valence-electron chi connectivity index (χ0n) is 9.85. The molecule has 0 saturated carbocycles. The van der Waals surface area contributed by atoms with E-state index in [-0.39, 0.29) is 17.6 Å². The van der Waals surface area contributed by atoms with Crippen molar-refractivity contribution in [3.63, 3.8) is 0 Å². The van der Waals surface area contributed by atoms with E-state index in [1.807, 2.05) is 0 Å². The van der Waals surface area contributed by atoms with Crippen molar-refractivity contribution in [2.45, 2.75) is 12.5 Å². The lowest BCUT2D eigenvalue weighted by Gasteiger charge is -2.14. The second-order valence-electron chi connectivity index (χ2n) is 3.75. The Morgan fingerprint density at radius 3 is 3.00 bits per heavy atom. The molecule has 0 spiro atoms. The van der Waals surface area contributed by atoms with Crippen molar-refractivity contribution >= 4 is 0 Å². The highest BCUT2D eigenvalue weighted by atomic mass is 19.1. The van der Waals surface area contributed by atoms with Gasteiger partial charge in [0.1, 0.15) is 5.69 Å². The summed E-state index contributed by atoms with van der Waals surface area (Å²) in [6, 6.07) is 4.67. The van der Waals surface area contributed by atoms with Crippen LogP contribution >= 0.6 is 0 Å². The number of ether oxygens (including phenoxy) is 1. The lowest BCUT2D eigenvalue weighted by molar-refractivity contribution is 0.382. The first-order valence-electron chi connectivity index (χ1n) is 5.39. The fraction of sp³-hybridized carbons (Fsp3) is 0.273. The summed E-state index contributed by atoms with van der Waals surface area (Å²) in [5.41, 5.74) is 3.71. The van der Waals surface area contributed by atoms with Gasteiger partial charge < -0.3 is 4.74 Å². The average Bonchev–Trinajstić information content (AvgIpc) is 2.91. The van der Waals surface area contributed by atoms with Crippen LogP contribution in [0.2, 0.25) is 0 Å². The highest BCUT2D eigenvalue weighted by molar-refractivity contribution is 5.32. The molecule has 0 aliphatic carbocycles. The monoisotopic (exact) mass is 251 g/mol. The van der Waals surface area contributed by atoms with Crippen LogP contribution in [0, 0.1) is 5.82 Å². The number of aromatic amines is 1. The average molecular weight is 251 g/mol. The molecule has 0 fully saturated rings. The van der Waals surface area contributed by atoms with Crippen LogP contribution in [0.3, 0.4) is 0 Å². The van der Waals surface area contributed by atoms with E-state index in [0.717, 1.165) is 0 Å². The number of nitrogens with zero attached hydrogens (tertiary/aromatic N) is 2. The molecule has 0 saturated heterocycles. The van der Waals surface area contributed by atoms with E-state index in [2.05, 4.69) is 20.8 Å². The molecule has 2 aromatic rings. The molecule has 18 heavy (non-hydrogen) atoms. The third kappa shape index (κ3) is 2.47. The summed E-state index contributed by atoms with van der Waals surface area (Å²) in [5.74, 6) is 5.27. The van der Waals surface area contributed by atoms with Crippen molar-refractivity contribution in [2.75, 3.05) is 7.11 Å². The number of hydrogen-bond donors (Lipinski definition) is 3. The summed E-state index contributed by atoms with van der Waals surface area (Å²) in [7, 11) is 1.43. The minimum atomic E-state index is -0.385. The van der Waals surface area contributed by atoms with E-state index in [9.17, 15) is 4.39 Å². The Morgan fingerprint density at radius 2 is 2.39 bits per heavy atom. The highest BCUT2D eigenvalue weighted by Crippen LogP contribution is 2.23. The van der Waals surface area contributed by atoms with Gasteiger partial charge in [-0.2, -0.15) is 15.4 Å². The van der Waals surface area contributed by atoms with E-state index < -0.39 is 0 Å². The molecule has 4 N–H and O–H groups in total. The largest absolute Gasteiger partial charge is 0.494 e. The molecule has 7 heteroatoms. The Balaban J connectivity index is 2.22. The van der Waals surface area contributed by atoms with Crippen molar-refractivity contribution in [3.05, 3.63) is 41.5 Å². The second-order valence-corrected chi connectivity index (χ2v) is 3.75. The molecule has 0 aliphatic rings. The topological polar surface area (TPSA) is 88.9 Å². The lowest BCUT2D eigenvalue weighted by atomic mass is 10.0. The van der Waals surface area contributed by atoms with Gasteiger partial charge in [-0.05, 0) is 18.1 Å². The van der Waals surface area contributed by atoms with E-state index in [1.54, 1.807) is 24.4 Å². The number of methoxy groups -OCH3 is 1. The summed E-state index contributed by atoms with van der Waals surface area (Å²) >= 11 is 0. The van der Waals surface area contributed by atoms with Gasteiger partial charge in [0.05, 0.1) is 19.3 Å². The number of H-pyrrole nitrogens is 1. The summed E-state index contributed by atoms with van der Waals surface area (Å²) in [4.78, 5) is 0. The summed E-state index contributed by atoms with van der Waals surface area (Å²) in [6.45, 7) is 0. The van der Waals surface area contributed by atoms with Gasteiger partial charge in [0.15, 0.2) is 11.6 Å². The first-order chi connectivity index (χ1) is 8.76. The first kappa shape index (κ1) is 12.5. The van der Waals surface area contributed by atoms with E-state index in [4.69, 9.17) is 10.6 Å². The molecular formula is C11H14FN5O. The maximum Gasteiger partial charge on any atom is 0.168 e. The van der Waals surface area contributed by atoms with Crippen LogP contribution in [0.4, 0.5) is 4.39 Å². The fourth-order valence-electron chi connectivity index (χ4n) is 1.72. The van der Waals surface area contributed by atoms with Gasteiger partial charge in [-0.1, -0.05) is 12.1 Å². The molecule has 2 rings (SSSR count). The maximum absolute atomic E-state index is 14.0. The molecule has 0 bridgehead atoms. The number of nitrogens with two attached hydrogens (primary N) is 1. The zero-order valence-corrected chi connectivity index (χ0v) is 9.85. The molecule has 1 unspecified atom stereocenters. The van der Waals surface area contributed by atoms with Crippen LogP contribution < -0.4 is 16.0 Å². The van der Waals surface area contributed by atoms with Gasteiger partial charge in [-0.3, -0.25) is 11.3 Å². The predicted octanol–water partition coefficient (Wildman–Crippen LogP) is 0.699.